The Bertz CT molecular complexity index is 1310. The van der Waals surface area contributed by atoms with Crippen molar-refractivity contribution < 1.29 is 4.39 Å². The summed E-state index contributed by atoms with van der Waals surface area (Å²) in [7, 11) is 0. The molecule has 1 aliphatic rings. The van der Waals surface area contributed by atoms with E-state index >= 15 is 4.39 Å². The predicted octanol–water partition coefficient (Wildman–Crippen LogP) is 9.41. The number of allylic oxidation sites excluding steroid dienone is 2. The third-order valence-corrected chi connectivity index (χ3v) is 7.38. The first-order valence-electron chi connectivity index (χ1n) is 13.5. The van der Waals surface area contributed by atoms with Gasteiger partial charge in [0, 0.05) is 51.8 Å². The number of benzene rings is 1. The van der Waals surface area contributed by atoms with Crippen molar-refractivity contribution in [2.24, 2.45) is 5.92 Å². The fraction of sp³-hybridized carbons (Fsp3) is 0.438. The van der Waals surface area contributed by atoms with Crippen molar-refractivity contribution >= 4 is 28.4 Å². The van der Waals surface area contributed by atoms with E-state index < -0.39 is 0 Å². The van der Waals surface area contributed by atoms with Crippen LogP contribution in [0.4, 0.5) is 4.39 Å². The van der Waals surface area contributed by atoms with Crippen LogP contribution in [0.25, 0.3) is 33.8 Å². The molecule has 4 heteroatoms. The second-order valence-electron chi connectivity index (χ2n) is 10.7. The van der Waals surface area contributed by atoms with E-state index in [1.807, 2.05) is 27.0 Å². The maximum absolute atomic E-state index is 15.9. The van der Waals surface area contributed by atoms with Crippen LogP contribution in [0.2, 0.25) is 0 Å². The van der Waals surface area contributed by atoms with E-state index in [0.717, 1.165) is 76.5 Å². The third kappa shape index (κ3) is 5.23. The highest BCUT2D eigenvalue weighted by molar-refractivity contribution is 6.22. The number of hydrogen-bond donors (Lipinski definition) is 1. The zero-order valence-corrected chi connectivity index (χ0v) is 22.5. The fourth-order valence-corrected chi connectivity index (χ4v) is 5.62. The molecule has 0 radical (unpaired) electrons. The molecule has 1 N–H and O–H groups in total. The van der Waals surface area contributed by atoms with Gasteiger partial charge in [-0.1, -0.05) is 51.0 Å². The SMILES string of the molecule is C=Cc1cc(F)c(-c2cn(C(CCC)CCC)c3ncc(C(C(C)=N)=C(C)C)cc23)c(CC2CC2)c1. The topological polar surface area (TPSA) is 41.7 Å². The first kappa shape index (κ1) is 26.1. The summed E-state index contributed by atoms with van der Waals surface area (Å²) < 4.78 is 18.2. The normalized spacial score (nSPS) is 13.4. The van der Waals surface area contributed by atoms with Gasteiger partial charge in [0.05, 0.1) is 0 Å². The zero-order chi connectivity index (χ0) is 26.0. The van der Waals surface area contributed by atoms with E-state index in [-0.39, 0.29) is 5.82 Å². The fourth-order valence-electron chi connectivity index (χ4n) is 5.62. The van der Waals surface area contributed by atoms with Crippen LogP contribution in [0.3, 0.4) is 0 Å². The minimum absolute atomic E-state index is 0.194. The van der Waals surface area contributed by atoms with Crippen LogP contribution in [-0.4, -0.2) is 15.3 Å². The summed E-state index contributed by atoms with van der Waals surface area (Å²) in [6, 6.07) is 6.18. The molecule has 3 nitrogen and oxygen atoms in total. The van der Waals surface area contributed by atoms with Crippen molar-refractivity contribution in [3.8, 4) is 11.1 Å². The van der Waals surface area contributed by atoms with Gasteiger partial charge in [0.1, 0.15) is 11.5 Å². The predicted molar refractivity (Wildman–Crippen MR) is 152 cm³/mol. The lowest BCUT2D eigenvalue weighted by Crippen LogP contribution is -2.08. The van der Waals surface area contributed by atoms with Crippen LogP contribution in [0, 0.1) is 17.1 Å². The molecule has 190 valence electrons. The molecule has 0 atom stereocenters. The lowest BCUT2D eigenvalue weighted by atomic mass is 9.92. The molecule has 4 rings (SSSR count). The van der Waals surface area contributed by atoms with Crippen molar-refractivity contribution in [1.82, 2.24) is 9.55 Å². The van der Waals surface area contributed by atoms with Crippen LogP contribution >= 0.6 is 0 Å². The second-order valence-corrected chi connectivity index (χ2v) is 10.7. The molecule has 2 aromatic heterocycles. The van der Waals surface area contributed by atoms with Crippen LogP contribution in [0.15, 0.2) is 42.7 Å². The summed E-state index contributed by atoms with van der Waals surface area (Å²) in [4.78, 5) is 4.96. The van der Waals surface area contributed by atoms with Gasteiger partial charge in [0.2, 0.25) is 0 Å². The van der Waals surface area contributed by atoms with Crippen LogP contribution in [0.1, 0.15) is 95.9 Å². The zero-order valence-electron chi connectivity index (χ0n) is 22.5. The molecule has 0 saturated heterocycles. The quantitative estimate of drug-likeness (QED) is 0.270. The lowest BCUT2D eigenvalue weighted by molar-refractivity contribution is 0.436. The molecule has 1 aromatic carbocycles. The summed E-state index contributed by atoms with van der Waals surface area (Å²) in [5.74, 6) is 0.441. The molecule has 1 fully saturated rings. The van der Waals surface area contributed by atoms with Gasteiger partial charge in [-0.15, -0.1) is 0 Å². The van der Waals surface area contributed by atoms with Gasteiger partial charge in [0.25, 0.3) is 0 Å². The van der Waals surface area contributed by atoms with Gasteiger partial charge < -0.3 is 9.98 Å². The molecule has 0 bridgehead atoms. The maximum atomic E-state index is 15.9. The minimum atomic E-state index is -0.194. The van der Waals surface area contributed by atoms with Gasteiger partial charge in [-0.2, -0.15) is 0 Å². The van der Waals surface area contributed by atoms with E-state index in [1.165, 1.54) is 12.8 Å². The minimum Gasteiger partial charge on any atom is -0.329 e. The van der Waals surface area contributed by atoms with Gasteiger partial charge in [-0.3, -0.25) is 0 Å². The number of nitrogens with one attached hydrogen (secondary N) is 1. The van der Waals surface area contributed by atoms with E-state index in [1.54, 1.807) is 12.1 Å². The van der Waals surface area contributed by atoms with Gasteiger partial charge >= 0.3 is 0 Å². The summed E-state index contributed by atoms with van der Waals surface area (Å²) in [6.45, 7) is 14.2. The Labute approximate surface area is 215 Å². The Morgan fingerprint density at radius 3 is 2.42 bits per heavy atom. The monoisotopic (exact) mass is 485 g/mol. The highest BCUT2D eigenvalue weighted by Gasteiger charge is 2.27. The molecule has 0 aliphatic heterocycles. The molecule has 2 heterocycles. The van der Waals surface area contributed by atoms with Gasteiger partial charge in [-0.25, -0.2) is 9.37 Å². The number of hydrogen-bond acceptors (Lipinski definition) is 2. The summed E-state index contributed by atoms with van der Waals surface area (Å²) in [5, 5.41) is 9.33. The van der Waals surface area contributed by atoms with Crippen LogP contribution in [-0.2, 0) is 6.42 Å². The Hall–Kier alpha value is -3.01. The largest absolute Gasteiger partial charge is 0.329 e. The van der Waals surface area contributed by atoms with E-state index in [4.69, 9.17) is 10.4 Å². The number of aromatic nitrogens is 2. The molecular formula is C32H40FN3. The van der Waals surface area contributed by atoms with Crippen molar-refractivity contribution in [2.45, 2.75) is 85.6 Å². The molecule has 1 aliphatic carbocycles. The van der Waals surface area contributed by atoms with Crippen LogP contribution in [0.5, 0.6) is 0 Å². The van der Waals surface area contributed by atoms with Crippen LogP contribution < -0.4 is 0 Å². The van der Waals surface area contributed by atoms with Crippen molar-refractivity contribution in [3.05, 3.63) is 65.3 Å². The first-order chi connectivity index (χ1) is 17.3. The highest BCUT2D eigenvalue weighted by Crippen LogP contribution is 2.42. The van der Waals surface area contributed by atoms with E-state index in [2.05, 4.69) is 43.3 Å². The third-order valence-electron chi connectivity index (χ3n) is 7.38. The second kappa shape index (κ2) is 10.9. The summed E-state index contributed by atoms with van der Waals surface area (Å²) >= 11 is 0. The van der Waals surface area contributed by atoms with Crippen molar-refractivity contribution in [3.63, 3.8) is 0 Å². The average molecular weight is 486 g/mol. The summed E-state index contributed by atoms with van der Waals surface area (Å²) in [5.41, 5.74) is 7.83. The van der Waals surface area contributed by atoms with E-state index in [0.29, 0.717) is 23.2 Å². The molecule has 0 amide bonds. The smallest absolute Gasteiger partial charge is 0.140 e. The Morgan fingerprint density at radius 2 is 1.86 bits per heavy atom. The maximum Gasteiger partial charge on any atom is 0.140 e. The standard InChI is InChI=1S/C32H40FN3/c1-7-10-26(11-8-2)36-19-28(27-17-25(18-35-32(27)36)30(20(4)5)21(6)34)31-24(15-23-12-13-23)14-22(9-3)16-29(31)33/h9,14,16-19,23,26,34H,3,7-8,10-13,15H2,1-2,4-6H3. The molecule has 36 heavy (non-hydrogen) atoms. The summed E-state index contributed by atoms with van der Waals surface area (Å²) in [6.07, 6.45) is 13.4. The van der Waals surface area contributed by atoms with Gasteiger partial charge in [0.15, 0.2) is 0 Å². The number of halogens is 1. The Morgan fingerprint density at radius 1 is 1.17 bits per heavy atom. The molecule has 3 aromatic rings. The Kier molecular flexibility index (Phi) is 7.92. The Balaban J connectivity index is 2.03. The number of pyridine rings is 1. The molecule has 0 unspecified atom stereocenters. The molecular weight excluding hydrogens is 445 g/mol. The number of fused-ring (bicyclic) bond motifs is 1. The average Bonchev–Trinajstić information content (AvgIpc) is 3.57. The lowest BCUT2D eigenvalue weighted by Gasteiger charge is -2.18. The molecule has 1 saturated carbocycles. The van der Waals surface area contributed by atoms with E-state index in [9.17, 15) is 0 Å². The van der Waals surface area contributed by atoms with Gasteiger partial charge in [-0.05, 0) is 82.1 Å². The van der Waals surface area contributed by atoms with Crippen molar-refractivity contribution in [2.75, 3.05) is 0 Å². The number of nitrogens with zero attached hydrogens (tertiary/aromatic N) is 2. The number of rotatable bonds is 11. The first-order valence-corrected chi connectivity index (χ1v) is 13.5. The molecule has 0 spiro atoms. The van der Waals surface area contributed by atoms with Crippen molar-refractivity contribution in [1.29, 1.82) is 5.41 Å². The highest BCUT2D eigenvalue weighted by atomic mass is 19.1.